The number of carbonyl (C=O) groups excluding carboxylic acids is 2. The molecule has 0 aromatic carbocycles. The van der Waals surface area contributed by atoms with E-state index in [1.807, 2.05) is 6.92 Å². The van der Waals surface area contributed by atoms with Gasteiger partial charge >= 0.3 is 0 Å². The molecule has 4 heteroatoms. The van der Waals surface area contributed by atoms with Crippen molar-refractivity contribution in [1.82, 2.24) is 10.6 Å². The maximum absolute atomic E-state index is 11.7. The van der Waals surface area contributed by atoms with E-state index in [0.29, 0.717) is 19.5 Å². The predicted molar refractivity (Wildman–Crippen MR) is 60.6 cm³/mol. The molecule has 4 nitrogen and oxygen atoms in total. The topological polar surface area (TPSA) is 58.2 Å². The van der Waals surface area contributed by atoms with Crippen molar-refractivity contribution in [3.8, 4) is 0 Å². The van der Waals surface area contributed by atoms with E-state index in [-0.39, 0.29) is 17.7 Å². The highest BCUT2D eigenvalue weighted by atomic mass is 16.2. The molecule has 2 fully saturated rings. The number of carbonyl (C=O) groups is 2. The Morgan fingerprint density at radius 2 is 1.81 bits per heavy atom. The van der Waals surface area contributed by atoms with Crippen molar-refractivity contribution < 1.29 is 9.59 Å². The Labute approximate surface area is 96.2 Å². The summed E-state index contributed by atoms with van der Waals surface area (Å²) in [4.78, 5) is 22.9. The van der Waals surface area contributed by atoms with Crippen LogP contribution in [0.15, 0.2) is 0 Å². The van der Waals surface area contributed by atoms with Gasteiger partial charge in [0.15, 0.2) is 0 Å². The summed E-state index contributed by atoms with van der Waals surface area (Å²) in [7, 11) is 0. The fourth-order valence-corrected chi connectivity index (χ4v) is 2.66. The molecular formula is C12H20N2O2. The molecule has 16 heavy (non-hydrogen) atoms. The van der Waals surface area contributed by atoms with E-state index < -0.39 is 0 Å². The molecule has 2 unspecified atom stereocenters. The van der Waals surface area contributed by atoms with Gasteiger partial charge in [0.1, 0.15) is 0 Å². The lowest BCUT2D eigenvalue weighted by molar-refractivity contribution is -0.125. The molecule has 0 aliphatic heterocycles. The van der Waals surface area contributed by atoms with Gasteiger partial charge in [-0.1, -0.05) is 0 Å². The minimum Gasteiger partial charge on any atom is -0.356 e. The van der Waals surface area contributed by atoms with Gasteiger partial charge in [-0.3, -0.25) is 9.59 Å². The Morgan fingerprint density at radius 3 is 2.44 bits per heavy atom. The highest BCUT2D eigenvalue weighted by molar-refractivity contribution is 5.80. The predicted octanol–water partition coefficient (Wildman–Crippen LogP) is 0.675. The van der Waals surface area contributed by atoms with Crippen molar-refractivity contribution in [1.29, 1.82) is 0 Å². The van der Waals surface area contributed by atoms with Crippen LogP contribution >= 0.6 is 0 Å². The van der Waals surface area contributed by atoms with E-state index in [9.17, 15) is 9.59 Å². The minimum atomic E-state index is 0.0112. The SMILES string of the molecule is CCNC(=O)CCNC(=O)C1CC2CC2C1. The zero-order chi connectivity index (χ0) is 11.5. The molecule has 2 aliphatic carbocycles. The highest BCUT2D eigenvalue weighted by Crippen LogP contribution is 2.54. The molecule has 2 N–H and O–H groups in total. The second-order valence-corrected chi connectivity index (χ2v) is 4.92. The number of fused-ring (bicyclic) bond motifs is 1. The zero-order valence-corrected chi connectivity index (χ0v) is 9.79. The second kappa shape index (κ2) is 4.85. The van der Waals surface area contributed by atoms with Crippen LogP contribution in [0.25, 0.3) is 0 Å². The maximum atomic E-state index is 11.7. The van der Waals surface area contributed by atoms with Crippen LogP contribution in [0.4, 0.5) is 0 Å². The van der Waals surface area contributed by atoms with Crippen LogP contribution in [0, 0.1) is 17.8 Å². The molecule has 2 amide bonds. The van der Waals surface area contributed by atoms with E-state index in [2.05, 4.69) is 10.6 Å². The molecule has 2 saturated carbocycles. The van der Waals surface area contributed by atoms with Crippen molar-refractivity contribution >= 4 is 11.8 Å². The summed E-state index contributed by atoms with van der Waals surface area (Å²) in [5.41, 5.74) is 0. The summed E-state index contributed by atoms with van der Waals surface area (Å²) in [5.74, 6) is 2.05. The number of nitrogens with one attached hydrogen (secondary N) is 2. The Balaban J connectivity index is 1.59. The number of rotatable bonds is 5. The summed E-state index contributed by atoms with van der Waals surface area (Å²) < 4.78 is 0. The number of amides is 2. The van der Waals surface area contributed by atoms with Crippen molar-refractivity contribution in [2.75, 3.05) is 13.1 Å². The summed E-state index contributed by atoms with van der Waals surface area (Å²) in [6, 6.07) is 0. The van der Waals surface area contributed by atoms with Crippen LogP contribution in [0.2, 0.25) is 0 Å². The summed E-state index contributed by atoms with van der Waals surface area (Å²) in [6.45, 7) is 3.01. The van der Waals surface area contributed by atoms with E-state index in [1.54, 1.807) is 0 Å². The molecule has 0 aromatic heterocycles. The first kappa shape index (κ1) is 11.4. The van der Waals surface area contributed by atoms with Gasteiger partial charge in [0.05, 0.1) is 0 Å². The van der Waals surface area contributed by atoms with E-state index >= 15 is 0 Å². The van der Waals surface area contributed by atoms with Crippen molar-refractivity contribution in [3.05, 3.63) is 0 Å². The first-order chi connectivity index (χ1) is 7.70. The fraction of sp³-hybridized carbons (Fsp3) is 0.833. The molecule has 0 saturated heterocycles. The lowest BCUT2D eigenvalue weighted by Gasteiger charge is -2.11. The van der Waals surface area contributed by atoms with Crippen LogP contribution in [0.1, 0.15) is 32.6 Å². The van der Waals surface area contributed by atoms with Gasteiger partial charge in [-0.25, -0.2) is 0 Å². The lowest BCUT2D eigenvalue weighted by atomic mass is 10.0. The monoisotopic (exact) mass is 224 g/mol. The van der Waals surface area contributed by atoms with Crippen LogP contribution in [-0.4, -0.2) is 24.9 Å². The quantitative estimate of drug-likeness (QED) is 0.721. The largest absolute Gasteiger partial charge is 0.356 e. The standard InChI is InChI=1S/C12H20N2O2/c1-2-13-11(15)3-4-14-12(16)10-6-8-5-9(8)7-10/h8-10H,2-7H2,1H3,(H,13,15)(H,14,16). The highest BCUT2D eigenvalue weighted by Gasteiger charge is 2.47. The average molecular weight is 224 g/mol. The number of hydrogen-bond acceptors (Lipinski definition) is 2. The third kappa shape index (κ3) is 2.74. The third-order valence-electron chi connectivity index (χ3n) is 3.64. The first-order valence-corrected chi connectivity index (χ1v) is 6.25. The maximum Gasteiger partial charge on any atom is 0.223 e. The van der Waals surface area contributed by atoms with Crippen LogP contribution in [0.3, 0.4) is 0 Å². The van der Waals surface area contributed by atoms with E-state index in [0.717, 1.165) is 24.7 Å². The van der Waals surface area contributed by atoms with Gasteiger partial charge in [-0.05, 0) is 38.0 Å². The molecule has 2 aliphatic rings. The van der Waals surface area contributed by atoms with Crippen molar-refractivity contribution in [3.63, 3.8) is 0 Å². The van der Waals surface area contributed by atoms with E-state index in [4.69, 9.17) is 0 Å². The van der Waals surface area contributed by atoms with Gasteiger partial charge in [-0.15, -0.1) is 0 Å². The normalized spacial score (nSPS) is 30.7. The Morgan fingerprint density at radius 1 is 1.12 bits per heavy atom. The van der Waals surface area contributed by atoms with Gasteiger partial charge in [0.2, 0.25) is 11.8 Å². The molecule has 2 atom stereocenters. The fourth-order valence-electron chi connectivity index (χ4n) is 2.66. The van der Waals surface area contributed by atoms with Crippen LogP contribution in [0.5, 0.6) is 0 Å². The third-order valence-corrected chi connectivity index (χ3v) is 3.64. The minimum absolute atomic E-state index is 0.0112. The van der Waals surface area contributed by atoms with Crippen LogP contribution < -0.4 is 10.6 Å². The summed E-state index contributed by atoms with van der Waals surface area (Å²) in [5, 5.41) is 5.57. The summed E-state index contributed by atoms with van der Waals surface area (Å²) in [6.07, 6.45) is 3.86. The second-order valence-electron chi connectivity index (χ2n) is 4.92. The molecule has 0 spiro atoms. The Bertz CT molecular complexity index is 281. The van der Waals surface area contributed by atoms with E-state index in [1.165, 1.54) is 6.42 Å². The smallest absolute Gasteiger partial charge is 0.223 e. The molecule has 0 bridgehead atoms. The number of hydrogen-bond donors (Lipinski definition) is 2. The van der Waals surface area contributed by atoms with Gasteiger partial charge in [0, 0.05) is 25.4 Å². The molecule has 0 heterocycles. The zero-order valence-electron chi connectivity index (χ0n) is 9.79. The lowest BCUT2D eigenvalue weighted by Crippen LogP contribution is -2.34. The Kier molecular flexibility index (Phi) is 3.46. The molecule has 0 radical (unpaired) electrons. The van der Waals surface area contributed by atoms with Crippen molar-refractivity contribution in [2.45, 2.75) is 32.6 Å². The molecular weight excluding hydrogens is 204 g/mol. The molecule has 0 aromatic rings. The average Bonchev–Trinajstić information content (AvgIpc) is 2.86. The van der Waals surface area contributed by atoms with Crippen LogP contribution in [-0.2, 0) is 9.59 Å². The summed E-state index contributed by atoms with van der Waals surface area (Å²) >= 11 is 0. The molecule has 90 valence electrons. The van der Waals surface area contributed by atoms with Gasteiger partial charge in [0.25, 0.3) is 0 Å². The Hall–Kier alpha value is -1.06. The van der Waals surface area contributed by atoms with Gasteiger partial charge < -0.3 is 10.6 Å². The molecule has 2 rings (SSSR count). The van der Waals surface area contributed by atoms with Crippen molar-refractivity contribution in [2.24, 2.45) is 17.8 Å². The van der Waals surface area contributed by atoms with Gasteiger partial charge in [-0.2, -0.15) is 0 Å². The first-order valence-electron chi connectivity index (χ1n) is 6.25.